The first kappa shape index (κ1) is 20.6. The van der Waals surface area contributed by atoms with Crippen LogP contribution in [0.4, 0.5) is 11.4 Å². The van der Waals surface area contributed by atoms with Gasteiger partial charge in [-0.2, -0.15) is 0 Å². The van der Waals surface area contributed by atoms with Gasteiger partial charge in [0.25, 0.3) is 5.91 Å². The fourth-order valence-corrected chi connectivity index (χ4v) is 3.88. The molecule has 2 aliphatic heterocycles. The van der Waals surface area contributed by atoms with Crippen molar-refractivity contribution in [2.24, 2.45) is 5.92 Å². The molecule has 0 bridgehead atoms. The zero-order valence-electron chi connectivity index (χ0n) is 17.1. The molecule has 2 aliphatic rings. The molecule has 0 saturated carbocycles. The molecule has 1 aromatic carbocycles. The molecule has 1 atom stereocenters. The van der Waals surface area contributed by atoms with E-state index in [4.69, 9.17) is 4.74 Å². The number of carbonyl (C=O) groups is 2. The van der Waals surface area contributed by atoms with E-state index in [0.717, 1.165) is 63.4 Å². The predicted octanol–water partition coefficient (Wildman–Crippen LogP) is 3.57. The predicted molar refractivity (Wildman–Crippen MR) is 112 cm³/mol. The minimum absolute atomic E-state index is 0.0206. The lowest BCUT2D eigenvalue weighted by atomic mass is 9.97. The monoisotopic (exact) mass is 387 g/mol. The van der Waals surface area contributed by atoms with Crippen molar-refractivity contribution in [1.82, 2.24) is 5.32 Å². The average Bonchev–Trinajstić information content (AvgIpc) is 3.21. The molecule has 1 aromatic rings. The molecule has 6 heteroatoms. The minimum atomic E-state index is -0.101. The minimum Gasteiger partial charge on any atom is -0.376 e. The van der Waals surface area contributed by atoms with E-state index in [0.29, 0.717) is 24.2 Å². The van der Waals surface area contributed by atoms with E-state index in [-0.39, 0.29) is 17.9 Å². The third-order valence-electron chi connectivity index (χ3n) is 5.64. The summed E-state index contributed by atoms with van der Waals surface area (Å²) < 4.78 is 5.62. The highest BCUT2D eigenvalue weighted by atomic mass is 16.5. The number of rotatable bonds is 7. The fraction of sp³-hybridized carbons (Fsp3) is 0.636. The zero-order chi connectivity index (χ0) is 19.9. The van der Waals surface area contributed by atoms with Gasteiger partial charge in [-0.05, 0) is 56.2 Å². The van der Waals surface area contributed by atoms with Crippen LogP contribution in [0.15, 0.2) is 18.2 Å². The Morgan fingerprint density at radius 3 is 2.68 bits per heavy atom. The molecule has 0 radical (unpaired) electrons. The fourth-order valence-electron chi connectivity index (χ4n) is 3.88. The number of nitrogens with zero attached hydrogens (tertiary/aromatic N) is 1. The Morgan fingerprint density at radius 2 is 2.00 bits per heavy atom. The van der Waals surface area contributed by atoms with Gasteiger partial charge in [-0.25, -0.2) is 0 Å². The summed E-state index contributed by atoms with van der Waals surface area (Å²) in [5.41, 5.74) is 2.25. The summed E-state index contributed by atoms with van der Waals surface area (Å²) in [4.78, 5) is 27.3. The number of hydrogen-bond donors (Lipinski definition) is 2. The summed E-state index contributed by atoms with van der Waals surface area (Å²) in [7, 11) is 0. The zero-order valence-corrected chi connectivity index (χ0v) is 17.1. The summed E-state index contributed by atoms with van der Waals surface area (Å²) in [6.07, 6.45) is 5.69. The maximum atomic E-state index is 13.0. The largest absolute Gasteiger partial charge is 0.376 e. The van der Waals surface area contributed by atoms with Crippen molar-refractivity contribution in [2.75, 3.05) is 36.5 Å². The van der Waals surface area contributed by atoms with Gasteiger partial charge in [0, 0.05) is 44.0 Å². The second kappa shape index (κ2) is 9.92. The molecule has 0 aromatic heterocycles. The van der Waals surface area contributed by atoms with Crippen molar-refractivity contribution in [2.45, 2.75) is 58.5 Å². The van der Waals surface area contributed by atoms with Crippen LogP contribution in [0.1, 0.15) is 62.7 Å². The smallest absolute Gasteiger partial charge is 0.253 e. The van der Waals surface area contributed by atoms with Crippen LogP contribution >= 0.6 is 0 Å². The summed E-state index contributed by atoms with van der Waals surface area (Å²) >= 11 is 0. The Morgan fingerprint density at radius 1 is 1.21 bits per heavy atom. The number of ether oxygens (including phenoxy) is 1. The molecule has 2 saturated heterocycles. The Kier molecular flexibility index (Phi) is 7.31. The van der Waals surface area contributed by atoms with Gasteiger partial charge in [-0.15, -0.1) is 0 Å². The van der Waals surface area contributed by atoms with Crippen LogP contribution in [0.5, 0.6) is 0 Å². The first-order valence-electron chi connectivity index (χ1n) is 10.7. The molecule has 2 fully saturated rings. The Hall–Kier alpha value is -2.08. The summed E-state index contributed by atoms with van der Waals surface area (Å²) in [6.45, 7) is 7.46. The highest BCUT2D eigenvalue weighted by Crippen LogP contribution is 2.29. The van der Waals surface area contributed by atoms with Gasteiger partial charge in [-0.1, -0.05) is 13.8 Å². The molecule has 28 heavy (non-hydrogen) atoms. The third-order valence-corrected chi connectivity index (χ3v) is 5.64. The Labute approximate surface area is 168 Å². The van der Waals surface area contributed by atoms with Crippen molar-refractivity contribution < 1.29 is 14.3 Å². The molecule has 0 unspecified atom stereocenters. The number of nitrogens with one attached hydrogen (secondary N) is 2. The second-order valence-corrected chi connectivity index (χ2v) is 8.04. The van der Waals surface area contributed by atoms with Crippen LogP contribution < -0.4 is 15.5 Å². The van der Waals surface area contributed by atoms with Gasteiger partial charge >= 0.3 is 0 Å². The maximum Gasteiger partial charge on any atom is 0.253 e. The summed E-state index contributed by atoms with van der Waals surface area (Å²) in [5, 5.41) is 5.94. The standard InChI is InChI=1S/C22H33N3O3/c1-3-5-21(26)24-17-7-8-20(25-11-9-16(2)10-12-25)19(14-17)22(27)23-15-18-6-4-13-28-18/h7-8,14,16,18H,3-6,9-13,15H2,1-2H3,(H,23,27)(H,24,26)/t18-/m1/s1. The van der Waals surface area contributed by atoms with E-state index in [1.165, 1.54) is 0 Å². The Bertz CT molecular complexity index is 678. The lowest BCUT2D eigenvalue weighted by molar-refractivity contribution is -0.116. The van der Waals surface area contributed by atoms with Crippen LogP contribution in [0, 0.1) is 5.92 Å². The molecule has 0 aliphatic carbocycles. The second-order valence-electron chi connectivity index (χ2n) is 8.04. The number of benzene rings is 1. The first-order valence-corrected chi connectivity index (χ1v) is 10.7. The molecule has 154 valence electrons. The van der Waals surface area contributed by atoms with Crippen LogP contribution in [-0.4, -0.2) is 44.2 Å². The topological polar surface area (TPSA) is 70.7 Å². The first-order chi connectivity index (χ1) is 13.6. The summed E-state index contributed by atoms with van der Waals surface area (Å²) in [5.74, 6) is 0.601. The van der Waals surface area contributed by atoms with Crippen molar-refractivity contribution in [1.29, 1.82) is 0 Å². The molecule has 2 amide bonds. The van der Waals surface area contributed by atoms with Crippen molar-refractivity contribution in [3.63, 3.8) is 0 Å². The molecule has 6 nitrogen and oxygen atoms in total. The van der Waals surface area contributed by atoms with Crippen molar-refractivity contribution in [3.8, 4) is 0 Å². The van der Waals surface area contributed by atoms with Crippen LogP contribution in [0.25, 0.3) is 0 Å². The SMILES string of the molecule is CCCC(=O)Nc1ccc(N2CCC(C)CC2)c(C(=O)NC[C@H]2CCCO2)c1. The van der Waals surface area contributed by atoms with Gasteiger partial charge in [-0.3, -0.25) is 9.59 Å². The number of anilines is 2. The number of hydrogen-bond acceptors (Lipinski definition) is 4. The lowest BCUT2D eigenvalue weighted by Crippen LogP contribution is -2.36. The van der Waals surface area contributed by atoms with Gasteiger partial charge in [0.1, 0.15) is 0 Å². The number of piperidine rings is 1. The summed E-state index contributed by atoms with van der Waals surface area (Å²) in [6, 6.07) is 5.68. The maximum absolute atomic E-state index is 13.0. The third kappa shape index (κ3) is 5.47. The van der Waals surface area contributed by atoms with Gasteiger partial charge in [0.05, 0.1) is 11.7 Å². The number of carbonyl (C=O) groups excluding carboxylic acids is 2. The van der Waals surface area contributed by atoms with E-state index in [9.17, 15) is 9.59 Å². The van der Waals surface area contributed by atoms with Crippen molar-refractivity contribution >= 4 is 23.2 Å². The lowest BCUT2D eigenvalue weighted by Gasteiger charge is -2.33. The van der Waals surface area contributed by atoms with Crippen molar-refractivity contribution in [3.05, 3.63) is 23.8 Å². The highest BCUT2D eigenvalue weighted by Gasteiger charge is 2.23. The molecular weight excluding hydrogens is 354 g/mol. The molecule has 0 spiro atoms. The molecular formula is C22H33N3O3. The van der Waals surface area contributed by atoms with Gasteiger partial charge < -0.3 is 20.3 Å². The van der Waals surface area contributed by atoms with Gasteiger partial charge in [0.15, 0.2) is 0 Å². The highest BCUT2D eigenvalue weighted by molar-refractivity contribution is 6.02. The van der Waals surface area contributed by atoms with E-state index in [2.05, 4.69) is 22.5 Å². The van der Waals surface area contributed by atoms with E-state index >= 15 is 0 Å². The van der Waals surface area contributed by atoms with E-state index in [1.807, 2.05) is 25.1 Å². The Balaban J connectivity index is 1.76. The van der Waals surface area contributed by atoms with Crippen LogP contribution in [0.3, 0.4) is 0 Å². The van der Waals surface area contributed by atoms with E-state index < -0.39 is 0 Å². The molecule has 2 N–H and O–H groups in total. The van der Waals surface area contributed by atoms with Gasteiger partial charge in [0.2, 0.25) is 5.91 Å². The molecule has 2 heterocycles. The number of amides is 2. The average molecular weight is 388 g/mol. The normalized spacial score (nSPS) is 20.2. The molecule has 3 rings (SSSR count). The van der Waals surface area contributed by atoms with E-state index in [1.54, 1.807) is 0 Å². The quantitative estimate of drug-likeness (QED) is 0.750. The van der Waals surface area contributed by atoms with Crippen LogP contribution in [-0.2, 0) is 9.53 Å². The van der Waals surface area contributed by atoms with Crippen LogP contribution in [0.2, 0.25) is 0 Å².